The second-order valence-corrected chi connectivity index (χ2v) is 6.29. The van der Waals surface area contributed by atoms with E-state index in [2.05, 4.69) is 16.7 Å². The van der Waals surface area contributed by atoms with Gasteiger partial charge in [-0.05, 0) is 44.3 Å². The zero-order valence-electron chi connectivity index (χ0n) is 12.2. The molecule has 2 fully saturated rings. The molecule has 3 heteroatoms. The molecule has 0 radical (unpaired) electrons. The molecule has 1 saturated heterocycles. The van der Waals surface area contributed by atoms with Crippen molar-refractivity contribution in [3.63, 3.8) is 0 Å². The molecule has 0 unspecified atom stereocenters. The first-order chi connectivity index (χ1) is 8.78. The fourth-order valence-electron chi connectivity index (χ4n) is 3.58. The Kier molecular flexibility index (Phi) is 5.46. The van der Waals surface area contributed by atoms with Crippen LogP contribution in [0.25, 0.3) is 0 Å². The van der Waals surface area contributed by atoms with Gasteiger partial charge in [0.1, 0.15) is 0 Å². The fourth-order valence-corrected chi connectivity index (χ4v) is 3.58. The van der Waals surface area contributed by atoms with Crippen LogP contribution < -0.4 is 5.73 Å². The predicted octanol–water partition coefficient (Wildman–Crippen LogP) is 1.92. The monoisotopic (exact) mass is 253 g/mol. The van der Waals surface area contributed by atoms with Gasteiger partial charge >= 0.3 is 0 Å². The van der Waals surface area contributed by atoms with Crippen LogP contribution in [0.15, 0.2) is 0 Å². The average molecular weight is 253 g/mol. The quantitative estimate of drug-likeness (QED) is 0.812. The summed E-state index contributed by atoms with van der Waals surface area (Å²) in [5.74, 6) is 0. The maximum atomic E-state index is 6.07. The van der Waals surface area contributed by atoms with Crippen molar-refractivity contribution >= 4 is 0 Å². The van der Waals surface area contributed by atoms with Crippen LogP contribution in [-0.2, 0) is 0 Å². The van der Waals surface area contributed by atoms with Crippen molar-refractivity contribution < 1.29 is 0 Å². The number of hydrogen-bond donors (Lipinski definition) is 1. The first kappa shape index (κ1) is 14.3. The van der Waals surface area contributed by atoms with Crippen LogP contribution in [-0.4, -0.2) is 55.6 Å². The summed E-state index contributed by atoms with van der Waals surface area (Å²) in [5, 5.41) is 0. The third-order valence-corrected chi connectivity index (χ3v) is 5.22. The highest BCUT2D eigenvalue weighted by Crippen LogP contribution is 2.38. The summed E-state index contributed by atoms with van der Waals surface area (Å²) < 4.78 is 0. The predicted molar refractivity (Wildman–Crippen MR) is 77.7 cm³/mol. The molecule has 0 atom stereocenters. The molecule has 106 valence electrons. The van der Waals surface area contributed by atoms with Gasteiger partial charge in [0.2, 0.25) is 0 Å². The van der Waals surface area contributed by atoms with Crippen LogP contribution in [0.3, 0.4) is 0 Å². The molecule has 1 heterocycles. The highest BCUT2D eigenvalue weighted by Gasteiger charge is 2.31. The third-order valence-electron chi connectivity index (χ3n) is 5.22. The second kappa shape index (κ2) is 6.88. The van der Waals surface area contributed by atoms with E-state index in [1.54, 1.807) is 0 Å². The standard InChI is InChI=1S/C15H31N3/c1-2-17-10-12-18(13-11-17)9-8-15(14-16)6-4-3-5-7-15/h2-14,16H2,1H3. The Morgan fingerprint density at radius 1 is 0.944 bits per heavy atom. The summed E-state index contributed by atoms with van der Waals surface area (Å²) >= 11 is 0. The van der Waals surface area contributed by atoms with E-state index in [-0.39, 0.29) is 0 Å². The van der Waals surface area contributed by atoms with Crippen LogP contribution in [0.2, 0.25) is 0 Å². The minimum atomic E-state index is 0.486. The van der Waals surface area contributed by atoms with E-state index in [1.165, 1.54) is 77.8 Å². The molecule has 2 aliphatic rings. The number of piperazine rings is 1. The number of nitrogens with two attached hydrogens (primary N) is 1. The van der Waals surface area contributed by atoms with Crippen LogP contribution >= 0.6 is 0 Å². The second-order valence-electron chi connectivity index (χ2n) is 6.29. The van der Waals surface area contributed by atoms with E-state index in [0.29, 0.717) is 5.41 Å². The summed E-state index contributed by atoms with van der Waals surface area (Å²) in [7, 11) is 0. The highest BCUT2D eigenvalue weighted by atomic mass is 15.3. The summed E-state index contributed by atoms with van der Waals surface area (Å²) in [5.41, 5.74) is 6.56. The lowest BCUT2D eigenvalue weighted by Crippen LogP contribution is -2.47. The lowest BCUT2D eigenvalue weighted by molar-refractivity contribution is 0.103. The number of likely N-dealkylation sites (N-methyl/N-ethyl adjacent to an activating group) is 1. The first-order valence-corrected chi connectivity index (χ1v) is 7.93. The molecule has 18 heavy (non-hydrogen) atoms. The van der Waals surface area contributed by atoms with Gasteiger partial charge in [0, 0.05) is 26.2 Å². The Hall–Kier alpha value is -0.120. The molecule has 0 amide bonds. The van der Waals surface area contributed by atoms with Gasteiger partial charge in [-0.15, -0.1) is 0 Å². The largest absolute Gasteiger partial charge is 0.330 e. The number of hydrogen-bond acceptors (Lipinski definition) is 3. The molecule has 1 saturated carbocycles. The van der Waals surface area contributed by atoms with Gasteiger partial charge in [-0.2, -0.15) is 0 Å². The molecule has 0 aromatic heterocycles. The fraction of sp³-hybridized carbons (Fsp3) is 1.00. The van der Waals surface area contributed by atoms with Crippen molar-refractivity contribution in [3.8, 4) is 0 Å². The smallest absolute Gasteiger partial charge is 0.0110 e. The minimum absolute atomic E-state index is 0.486. The normalized spacial score (nSPS) is 26.3. The third kappa shape index (κ3) is 3.69. The van der Waals surface area contributed by atoms with Crippen LogP contribution in [0.4, 0.5) is 0 Å². The molecule has 2 N–H and O–H groups in total. The maximum absolute atomic E-state index is 6.07. The van der Waals surface area contributed by atoms with Gasteiger partial charge in [-0.25, -0.2) is 0 Å². The van der Waals surface area contributed by atoms with Gasteiger partial charge < -0.3 is 15.5 Å². The molecule has 1 aliphatic carbocycles. The van der Waals surface area contributed by atoms with Crippen molar-refractivity contribution in [2.24, 2.45) is 11.1 Å². The summed E-state index contributed by atoms with van der Waals surface area (Å²) in [4.78, 5) is 5.20. The van der Waals surface area contributed by atoms with Gasteiger partial charge in [-0.3, -0.25) is 0 Å². The van der Waals surface area contributed by atoms with E-state index in [1.807, 2.05) is 0 Å². The van der Waals surface area contributed by atoms with E-state index in [0.717, 1.165) is 6.54 Å². The van der Waals surface area contributed by atoms with E-state index >= 15 is 0 Å². The molecular weight excluding hydrogens is 222 g/mol. The minimum Gasteiger partial charge on any atom is -0.330 e. The summed E-state index contributed by atoms with van der Waals surface area (Å²) in [6, 6.07) is 0. The topological polar surface area (TPSA) is 32.5 Å². The molecule has 0 aromatic rings. The molecule has 0 spiro atoms. The Morgan fingerprint density at radius 3 is 2.11 bits per heavy atom. The Balaban J connectivity index is 1.73. The Labute approximate surface area is 113 Å². The van der Waals surface area contributed by atoms with E-state index in [4.69, 9.17) is 5.73 Å². The van der Waals surface area contributed by atoms with Gasteiger partial charge in [-0.1, -0.05) is 26.2 Å². The molecule has 3 nitrogen and oxygen atoms in total. The number of rotatable bonds is 5. The Morgan fingerprint density at radius 2 is 1.56 bits per heavy atom. The molecule has 0 bridgehead atoms. The van der Waals surface area contributed by atoms with Gasteiger partial charge in [0.15, 0.2) is 0 Å². The number of nitrogens with zero attached hydrogens (tertiary/aromatic N) is 2. The van der Waals surface area contributed by atoms with Gasteiger partial charge in [0.25, 0.3) is 0 Å². The molecule has 2 rings (SSSR count). The van der Waals surface area contributed by atoms with Crippen molar-refractivity contribution in [1.82, 2.24) is 9.80 Å². The first-order valence-electron chi connectivity index (χ1n) is 7.93. The van der Waals surface area contributed by atoms with Crippen molar-refractivity contribution in [2.45, 2.75) is 45.4 Å². The zero-order chi connectivity index (χ0) is 12.8. The van der Waals surface area contributed by atoms with Crippen molar-refractivity contribution in [3.05, 3.63) is 0 Å². The SMILES string of the molecule is CCN1CCN(CCC2(CN)CCCCC2)CC1. The maximum Gasteiger partial charge on any atom is 0.0110 e. The zero-order valence-corrected chi connectivity index (χ0v) is 12.2. The Bertz CT molecular complexity index is 228. The lowest BCUT2D eigenvalue weighted by atomic mass is 9.72. The molecular formula is C15H31N3. The van der Waals surface area contributed by atoms with E-state index in [9.17, 15) is 0 Å². The van der Waals surface area contributed by atoms with Gasteiger partial charge in [0.05, 0.1) is 0 Å². The lowest BCUT2D eigenvalue weighted by Gasteiger charge is -2.40. The highest BCUT2D eigenvalue weighted by molar-refractivity contribution is 4.85. The summed E-state index contributed by atoms with van der Waals surface area (Å²) in [6.07, 6.45) is 8.31. The van der Waals surface area contributed by atoms with Crippen molar-refractivity contribution in [2.75, 3.05) is 45.8 Å². The van der Waals surface area contributed by atoms with E-state index < -0.39 is 0 Å². The van der Waals surface area contributed by atoms with Crippen LogP contribution in [0, 0.1) is 5.41 Å². The average Bonchev–Trinajstić information content (AvgIpc) is 2.47. The van der Waals surface area contributed by atoms with Crippen molar-refractivity contribution in [1.29, 1.82) is 0 Å². The summed E-state index contributed by atoms with van der Waals surface area (Å²) in [6.45, 7) is 10.7. The molecule has 0 aromatic carbocycles. The van der Waals surface area contributed by atoms with Crippen LogP contribution in [0.1, 0.15) is 45.4 Å². The molecule has 1 aliphatic heterocycles. The van der Waals surface area contributed by atoms with Crippen LogP contribution in [0.5, 0.6) is 0 Å².